The summed E-state index contributed by atoms with van der Waals surface area (Å²) >= 11 is 0. The molecule has 0 atom stereocenters. The summed E-state index contributed by atoms with van der Waals surface area (Å²) in [6.07, 6.45) is 2.28. The van der Waals surface area contributed by atoms with E-state index in [9.17, 15) is 13.2 Å². The summed E-state index contributed by atoms with van der Waals surface area (Å²) < 4.78 is 31.2. The van der Waals surface area contributed by atoms with Crippen molar-refractivity contribution in [1.82, 2.24) is 9.97 Å². The molecule has 1 rings (SSSR count). The molecule has 0 fully saturated rings. The summed E-state index contributed by atoms with van der Waals surface area (Å²) in [6, 6.07) is 0. The van der Waals surface area contributed by atoms with Crippen LogP contribution in [0.15, 0.2) is 12.4 Å². The van der Waals surface area contributed by atoms with Crippen LogP contribution in [0.2, 0.25) is 0 Å². The zero-order valence-electron chi connectivity index (χ0n) is 5.89. The van der Waals surface area contributed by atoms with Crippen molar-refractivity contribution in [3.63, 3.8) is 0 Å². The quantitative estimate of drug-likeness (QED) is 0.584. The van der Waals surface area contributed by atoms with Gasteiger partial charge in [0.1, 0.15) is 5.82 Å². The average Bonchev–Trinajstić information content (AvgIpc) is 1.97. The minimum Gasteiger partial charge on any atom is -0.239 e. The van der Waals surface area contributed by atoms with Gasteiger partial charge in [-0.15, -0.1) is 0 Å². The van der Waals surface area contributed by atoms with E-state index in [0.29, 0.717) is 5.82 Å². The van der Waals surface area contributed by atoms with Crippen LogP contribution in [0.5, 0.6) is 0 Å². The number of aromatic nitrogens is 2. The second-order valence-electron chi connectivity index (χ2n) is 1.55. The van der Waals surface area contributed by atoms with E-state index in [2.05, 4.69) is 9.97 Å². The van der Waals surface area contributed by atoms with Crippen molar-refractivity contribution in [2.24, 2.45) is 0 Å². The molecular weight excluding hydrogens is 157 g/mol. The Bertz CT molecular complexity index is 167. The molecule has 1 aromatic rings. The first-order valence-corrected chi connectivity index (χ1v) is 2.76. The predicted molar refractivity (Wildman–Crippen MR) is 33.8 cm³/mol. The lowest BCUT2D eigenvalue weighted by molar-refractivity contribution is 0.295. The van der Waals surface area contributed by atoms with Crippen molar-refractivity contribution >= 4 is 0 Å². The number of halogens is 3. The summed E-state index contributed by atoms with van der Waals surface area (Å²) in [5, 5.41) is 0. The zero-order valence-corrected chi connectivity index (χ0v) is 5.89. The van der Waals surface area contributed by atoms with Gasteiger partial charge in [-0.05, 0) is 6.92 Å². The van der Waals surface area contributed by atoms with Gasteiger partial charge >= 0.3 is 0 Å². The Morgan fingerprint density at radius 1 is 1.27 bits per heavy atom. The zero-order chi connectivity index (χ0) is 8.69. The van der Waals surface area contributed by atoms with Crippen molar-refractivity contribution in [3.8, 4) is 0 Å². The van der Waals surface area contributed by atoms with Gasteiger partial charge in [0.15, 0.2) is 5.82 Å². The molecule has 0 saturated carbocycles. The van der Waals surface area contributed by atoms with Crippen LogP contribution >= 0.6 is 0 Å². The van der Waals surface area contributed by atoms with Gasteiger partial charge in [0.05, 0.1) is 12.4 Å². The summed E-state index contributed by atoms with van der Waals surface area (Å²) in [5.41, 5.74) is 0. The summed E-state index contributed by atoms with van der Waals surface area (Å²) in [4.78, 5) is 7.19. The Morgan fingerprint density at radius 3 is 1.91 bits per heavy atom. The Morgan fingerprint density at radius 2 is 1.64 bits per heavy atom. The Hall–Kier alpha value is -1.13. The highest BCUT2D eigenvalue weighted by molar-refractivity contribution is 4.87. The van der Waals surface area contributed by atoms with Crippen molar-refractivity contribution in [2.45, 2.75) is 6.92 Å². The van der Waals surface area contributed by atoms with Crippen LogP contribution < -0.4 is 0 Å². The minimum absolute atomic E-state index is 0.393. The molecule has 0 aliphatic carbocycles. The van der Waals surface area contributed by atoms with E-state index < -0.39 is 12.7 Å². The van der Waals surface area contributed by atoms with E-state index in [1.807, 2.05) is 0 Å². The average molecular weight is 164 g/mol. The molecular formula is C6H7F3N2. The molecule has 0 spiro atoms. The van der Waals surface area contributed by atoms with Gasteiger partial charge in [-0.1, -0.05) is 0 Å². The third kappa shape index (κ3) is 5.32. The molecule has 0 aromatic carbocycles. The van der Waals surface area contributed by atoms with Gasteiger partial charge in [-0.2, -0.15) is 0 Å². The fourth-order valence-corrected chi connectivity index (χ4v) is 0.377. The molecule has 0 radical (unpaired) electrons. The Kier molecular flexibility index (Phi) is 5.06. The molecule has 1 aromatic heterocycles. The Labute approximate surface area is 62.1 Å². The summed E-state index contributed by atoms with van der Waals surface area (Å²) in [6.45, 7) is -0.0422. The molecule has 0 aliphatic rings. The lowest BCUT2D eigenvalue weighted by Crippen LogP contribution is -1.85. The molecule has 2 nitrogen and oxygen atoms in total. The molecule has 0 saturated heterocycles. The first-order chi connectivity index (χ1) is 5.20. The van der Waals surface area contributed by atoms with Gasteiger partial charge in [0.2, 0.25) is 6.93 Å². The van der Waals surface area contributed by atoms with Gasteiger partial charge < -0.3 is 0 Å². The molecule has 0 aliphatic heterocycles. The predicted octanol–water partition coefficient (Wildman–Crippen LogP) is 1.81. The molecule has 62 valence electrons. The van der Waals surface area contributed by atoms with Gasteiger partial charge in [-0.25, -0.2) is 23.1 Å². The molecule has 5 heteroatoms. The van der Waals surface area contributed by atoms with Crippen LogP contribution in [-0.4, -0.2) is 16.9 Å². The molecule has 0 amide bonds. The minimum atomic E-state index is -1.75. The van der Waals surface area contributed by atoms with Crippen molar-refractivity contribution in [2.75, 3.05) is 6.93 Å². The molecule has 0 unspecified atom stereocenters. The Balaban J connectivity index is 0.000000292. The van der Waals surface area contributed by atoms with E-state index in [-0.39, 0.29) is 0 Å². The number of hydrogen-bond donors (Lipinski definition) is 0. The van der Waals surface area contributed by atoms with E-state index >= 15 is 0 Å². The number of alkyl halides is 2. The highest BCUT2D eigenvalue weighted by Crippen LogP contribution is 1.89. The maximum atomic E-state index is 12.0. The lowest BCUT2D eigenvalue weighted by Gasteiger charge is -1.85. The van der Waals surface area contributed by atoms with E-state index in [4.69, 9.17) is 0 Å². The summed E-state index contributed by atoms with van der Waals surface area (Å²) in [7, 11) is 0. The maximum Gasteiger partial charge on any atom is 0.229 e. The van der Waals surface area contributed by atoms with Crippen LogP contribution in [0, 0.1) is 12.7 Å². The lowest BCUT2D eigenvalue weighted by atomic mass is 10.6. The number of hydrogen-bond acceptors (Lipinski definition) is 2. The first-order valence-electron chi connectivity index (χ1n) is 2.76. The smallest absolute Gasteiger partial charge is 0.229 e. The van der Waals surface area contributed by atoms with E-state index in [0.717, 1.165) is 12.4 Å². The topological polar surface area (TPSA) is 25.8 Å². The number of aryl methyl sites for hydroxylation is 1. The van der Waals surface area contributed by atoms with Crippen molar-refractivity contribution < 1.29 is 13.2 Å². The molecule has 0 N–H and O–H groups in total. The van der Waals surface area contributed by atoms with Crippen molar-refractivity contribution in [1.29, 1.82) is 0 Å². The molecule has 0 bridgehead atoms. The third-order valence-electron chi connectivity index (χ3n) is 0.749. The standard InChI is InChI=1S/C5H5FN2.CH2F2/c1-4-7-2-5(6)3-8-4;2-1-3/h2-3H,1H3;1H2. The second-order valence-corrected chi connectivity index (χ2v) is 1.55. The van der Waals surface area contributed by atoms with Gasteiger partial charge in [-0.3, -0.25) is 0 Å². The van der Waals surface area contributed by atoms with Crippen molar-refractivity contribution in [3.05, 3.63) is 24.0 Å². The van der Waals surface area contributed by atoms with E-state index in [1.54, 1.807) is 6.92 Å². The highest BCUT2D eigenvalue weighted by Gasteiger charge is 1.86. The fourth-order valence-electron chi connectivity index (χ4n) is 0.377. The van der Waals surface area contributed by atoms with E-state index in [1.165, 1.54) is 0 Å². The third-order valence-corrected chi connectivity index (χ3v) is 0.749. The van der Waals surface area contributed by atoms with Crippen LogP contribution in [0.3, 0.4) is 0 Å². The number of nitrogens with zero attached hydrogens (tertiary/aromatic N) is 2. The highest BCUT2D eigenvalue weighted by atomic mass is 19.3. The summed E-state index contributed by atoms with van der Waals surface area (Å²) in [5.74, 6) is 0.196. The normalized spacial score (nSPS) is 8.36. The van der Waals surface area contributed by atoms with Crippen LogP contribution in [0.25, 0.3) is 0 Å². The van der Waals surface area contributed by atoms with Crippen LogP contribution in [0.4, 0.5) is 13.2 Å². The van der Waals surface area contributed by atoms with Crippen LogP contribution in [0.1, 0.15) is 5.82 Å². The van der Waals surface area contributed by atoms with Crippen LogP contribution in [-0.2, 0) is 0 Å². The molecule has 1 heterocycles. The largest absolute Gasteiger partial charge is 0.239 e. The maximum absolute atomic E-state index is 12.0. The number of rotatable bonds is 0. The molecule has 11 heavy (non-hydrogen) atoms. The van der Waals surface area contributed by atoms with Gasteiger partial charge in [0, 0.05) is 0 Å². The SMILES string of the molecule is Cc1ncc(F)cn1.FCF. The first kappa shape index (κ1) is 9.87. The fraction of sp³-hybridized carbons (Fsp3) is 0.333. The second kappa shape index (κ2) is 5.64. The van der Waals surface area contributed by atoms with Gasteiger partial charge in [0.25, 0.3) is 0 Å². The monoisotopic (exact) mass is 164 g/mol.